The molecule has 17 heavy (non-hydrogen) atoms. The van der Waals surface area contributed by atoms with Gasteiger partial charge in [0.15, 0.2) is 0 Å². The highest BCUT2D eigenvalue weighted by atomic mass is 16.5. The van der Waals surface area contributed by atoms with Gasteiger partial charge in [0, 0.05) is 19.8 Å². The number of hydrogen-bond acceptors (Lipinski definition) is 4. The van der Waals surface area contributed by atoms with E-state index in [1.165, 1.54) is 0 Å². The highest BCUT2D eigenvalue weighted by Crippen LogP contribution is 2.24. The molecule has 0 bridgehead atoms. The third kappa shape index (κ3) is 4.70. The number of carbonyl (C=O) groups is 2. The summed E-state index contributed by atoms with van der Waals surface area (Å²) in [6.07, 6.45) is 0.975. The highest BCUT2D eigenvalue weighted by Gasteiger charge is 2.36. The maximum atomic E-state index is 11.6. The SMILES string of the molecule is CCOCC(=O)NC1(CC(=O)O)CCOCC1. The third-order valence-electron chi connectivity index (χ3n) is 2.78. The second kappa shape index (κ2) is 6.56. The van der Waals surface area contributed by atoms with Crippen LogP contribution >= 0.6 is 0 Å². The van der Waals surface area contributed by atoms with Crippen molar-refractivity contribution in [1.82, 2.24) is 5.32 Å². The Morgan fingerprint density at radius 1 is 1.41 bits per heavy atom. The maximum Gasteiger partial charge on any atom is 0.305 e. The zero-order chi connectivity index (χ0) is 12.7. The summed E-state index contributed by atoms with van der Waals surface area (Å²) in [7, 11) is 0. The van der Waals surface area contributed by atoms with E-state index in [4.69, 9.17) is 14.6 Å². The van der Waals surface area contributed by atoms with Crippen molar-refractivity contribution in [2.24, 2.45) is 0 Å². The molecule has 1 fully saturated rings. The van der Waals surface area contributed by atoms with Crippen LogP contribution in [0, 0.1) is 0 Å². The number of amides is 1. The zero-order valence-corrected chi connectivity index (χ0v) is 10.0. The largest absolute Gasteiger partial charge is 0.481 e. The molecule has 1 aliphatic heterocycles. The minimum Gasteiger partial charge on any atom is -0.481 e. The minimum atomic E-state index is -0.913. The smallest absolute Gasteiger partial charge is 0.305 e. The predicted molar refractivity (Wildman–Crippen MR) is 59.7 cm³/mol. The monoisotopic (exact) mass is 245 g/mol. The van der Waals surface area contributed by atoms with Gasteiger partial charge in [0.1, 0.15) is 6.61 Å². The Hall–Kier alpha value is -1.14. The molecule has 1 saturated heterocycles. The van der Waals surface area contributed by atoms with Gasteiger partial charge in [-0.25, -0.2) is 0 Å². The first-order valence-corrected chi connectivity index (χ1v) is 5.76. The van der Waals surface area contributed by atoms with Gasteiger partial charge in [0.05, 0.1) is 12.0 Å². The molecule has 0 aromatic rings. The van der Waals surface area contributed by atoms with E-state index < -0.39 is 11.5 Å². The third-order valence-corrected chi connectivity index (χ3v) is 2.78. The Kier molecular flexibility index (Phi) is 5.37. The molecule has 0 radical (unpaired) electrons. The second-order valence-corrected chi connectivity index (χ2v) is 4.15. The molecule has 6 heteroatoms. The number of rotatable bonds is 6. The Balaban J connectivity index is 2.56. The number of hydrogen-bond donors (Lipinski definition) is 2. The lowest BCUT2D eigenvalue weighted by molar-refractivity contribution is -0.141. The number of ether oxygens (including phenoxy) is 2. The number of aliphatic carboxylic acids is 1. The molecule has 0 aliphatic carbocycles. The van der Waals surface area contributed by atoms with E-state index in [-0.39, 0.29) is 18.9 Å². The molecule has 1 rings (SSSR count). The van der Waals surface area contributed by atoms with Crippen LogP contribution in [-0.4, -0.2) is 48.9 Å². The fourth-order valence-corrected chi connectivity index (χ4v) is 1.92. The Morgan fingerprint density at radius 2 is 2.06 bits per heavy atom. The molecular weight excluding hydrogens is 226 g/mol. The van der Waals surface area contributed by atoms with Crippen LogP contribution in [0.2, 0.25) is 0 Å². The molecule has 0 atom stereocenters. The van der Waals surface area contributed by atoms with Crippen LogP contribution in [0.3, 0.4) is 0 Å². The van der Waals surface area contributed by atoms with Crippen molar-refractivity contribution < 1.29 is 24.2 Å². The Morgan fingerprint density at radius 3 is 2.59 bits per heavy atom. The van der Waals surface area contributed by atoms with Crippen molar-refractivity contribution in [3.63, 3.8) is 0 Å². The molecule has 1 heterocycles. The first-order valence-electron chi connectivity index (χ1n) is 5.76. The van der Waals surface area contributed by atoms with E-state index in [2.05, 4.69) is 5.32 Å². The summed E-state index contributed by atoms with van der Waals surface area (Å²) in [5, 5.41) is 11.7. The molecule has 1 amide bonds. The molecule has 0 unspecified atom stereocenters. The average Bonchev–Trinajstić information content (AvgIpc) is 2.26. The molecular formula is C11H19NO5. The first kappa shape index (κ1) is 13.9. The summed E-state index contributed by atoms with van der Waals surface area (Å²) < 4.78 is 10.2. The van der Waals surface area contributed by atoms with Crippen LogP contribution in [0.5, 0.6) is 0 Å². The summed E-state index contributed by atoms with van der Waals surface area (Å²) in [6.45, 7) is 3.18. The standard InChI is InChI=1S/C11H19NO5/c1-2-16-8-9(13)12-11(7-10(14)15)3-5-17-6-4-11/h2-8H2,1H3,(H,12,13)(H,14,15). The number of carboxylic acids is 1. The Labute approximate surface area is 100 Å². The van der Waals surface area contributed by atoms with E-state index in [0.29, 0.717) is 32.7 Å². The van der Waals surface area contributed by atoms with Gasteiger partial charge in [-0.05, 0) is 19.8 Å². The lowest BCUT2D eigenvalue weighted by Gasteiger charge is -2.36. The lowest BCUT2D eigenvalue weighted by Crippen LogP contribution is -2.54. The number of carbonyl (C=O) groups excluding carboxylic acids is 1. The van der Waals surface area contributed by atoms with Crippen LogP contribution in [-0.2, 0) is 19.1 Å². The van der Waals surface area contributed by atoms with Gasteiger partial charge < -0.3 is 19.9 Å². The maximum absolute atomic E-state index is 11.6. The van der Waals surface area contributed by atoms with E-state index in [0.717, 1.165) is 0 Å². The van der Waals surface area contributed by atoms with Gasteiger partial charge in [-0.1, -0.05) is 0 Å². The van der Waals surface area contributed by atoms with Crippen LogP contribution in [0.4, 0.5) is 0 Å². The van der Waals surface area contributed by atoms with Gasteiger partial charge in [0.25, 0.3) is 0 Å². The summed E-state index contributed by atoms with van der Waals surface area (Å²) in [6, 6.07) is 0. The van der Waals surface area contributed by atoms with Gasteiger partial charge in [-0.2, -0.15) is 0 Å². The molecule has 0 aromatic heterocycles. The second-order valence-electron chi connectivity index (χ2n) is 4.15. The van der Waals surface area contributed by atoms with E-state index in [9.17, 15) is 9.59 Å². The minimum absolute atomic E-state index is 0.0290. The molecule has 1 aliphatic rings. The summed E-state index contributed by atoms with van der Waals surface area (Å²) in [4.78, 5) is 22.4. The molecule has 0 saturated carbocycles. The normalized spacial score (nSPS) is 18.6. The number of carboxylic acid groups (broad SMARTS) is 1. The van der Waals surface area contributed by atoms with Crippen LogP contribution in [0.25, 0.3) is 0 Å². The van der Waals surface area contributed by atoms with E-state index >= 15 is 0 Å². The zero-order valence-electron chi connectivity index (χ0n) is 10.0. The van der Waals surface area contributed by atoms with Gasteiger partial charge in [0.2, 0.25) is 5.91 Å². The summed E-state index contributed by atoms with van der Waals surface area (Å²) in [5.74, 6) is -1.18. The quantitative estimate of drug-likeness (QED) is 0.696. The molecule has 0 aromatic carbocycles. The van der Waals surface area contributed by atoms with E-state index in [1.54, 1.807) is 6.92 Å². The predicted octanol–water partition coefficient (Wildman–Crippen LogP) is 0.163. The molecule has 0 spiro atoms. The first-order chi connectivity index (χ1) is 8.08. The van der Waals surface area contributed by atoms with Gasteiger partial charge in [-0.15, -0.1) is 0 Å². The van der Waals surface area contributed by atoms with Crippen LogP contribution in [0.1, 0.15) is 26.2 Å². The van der Waals surface area contributed by atoms with Gasteiger partial charge in [-0.3, -0.25) is 9.59 Å². The van der Waals surface area contributed by atoms with E-state index in [1.807, 2.05) is 0 Å². The topological polar surface area (TPSA) is 84.9 Å². The summed E-state index contributed by atoms with van der Waals surface area (Å²) >= 11 is 0. The van der Waals surface area contributed by atoms with Crippen molar-refractivity contribution >= 4 is 11.9 Å². The molecule has 2 N–H and O–H groups in total. The van der Waals surface area contributed by atoms with Crippen LogP contribution < -0.4 is 5.32 Å². The number of nitrogens with one attached hydrogen (secondary N) is 1. The Bertz CT molecular complexity index is 273. The van der Waals surface area contributed by atoms with Crippen molar-refractivity contribution in [2.75, 3.05) is 26.4 Å². The lowest BCUT2D eigenvalue weighted by atomic mass is 9.86. The fourth-order valence-electron chi connectivity index (χ4n) is 1.92. The van der Waals surface area contributed by atoms with Gasteiger partial charge >= 0.3 is 5.97 Å². The van der Waals surface area contributed by atoms with Crippen molar-refractivity contribution in [2.45, 2.75) is 31.7 Å². The summed E-state index contributed by atoms with van der Waals surface area (Å²) in [5.41, 5.74) is -0.682. The average molecular weight is 245 g/mol. The van der Waals surface area contributed by atoms with Crippen molar-refractivity contribution in [1.29, 1.82) is 0 Å². The molecule has 6 nitrogen and oxygen atoms in total. The fraction of sp³-hybridized carbons (Fsp3) is 0.818. The van der Waals surface area contributed by atoms with Crippen LogP contribution in [0.15, 0.2) is 0 Å². The van der Waals surface area contributed by atoms with Crippen molar-refractivity contribution in [3.05, 3.63) is 0 Å². The van der Waals surface area contributed by atoms with Crippen molar-refractivity contribution in [3.8, 4) is 0 Å². The molecule has 98 valence electrons. The highest BCUT2D eigenvalue weighted by molar-refractivity contribution is 5.79.